The molecule has 88 valence electrons. The molecule has 2 unspecified atom stereocenters. The van der Waals surface area contributed by atoms with Crippen LogP contribution in [0.15, 0.2) is 24.3 Å². The van der Waals surface area contributed by atoms with Gasteiger partial charge in [-0.3, -0.25) is 4.79 Å². The van der Waals surface area contributed by atoms with Crippen LogP contribution in [0.1, 0.15) is 29.3 Å². The quantitative estimate of drug-likeness (QED) is 0.836. The second kappa shape index (κ2) is 4.98. The minimum absolute atomic E-state index is 0.0538. The van der Waals surface area contributed by atoms with Gasteiger partial charge in [0.15, 0.2) is 0 Å². The van der Waals surface area contributed by atoms with E-state index in [4.69, 9.17) is 10.00 Å². The third-order valence-corrected chi connectivity index (χ3v) is 2.95. The molecular formula is C13H14N2O2. The van der Waals surface area contributed by atoms with Crippen molar-refractivity contribution >= 4 is 5.91 Å². The Kier molecular flexibility index (Phi) is 3.40. The van der Waals surface area contributed by atoms with Crippen molar-refractivity contribution in [3.8, 4) is 6.07 Å². The first kappa shape index (κ1) is 11.6. The van der Waals surface area contributed by atoms with Crippen LogP contribution < -0.4 is 5.32 Å². The molecule has 4 nitrogen and oxygen atoms in total. The van der Waals surface area contributed by atoms with E-state index in [2.05, 4.69) is 5.32 Å². The molecule has 1 fully saturated rings. The highest BCUT2D eigenvalue weighted by Crippen LogP contribution is 2.13. The van der Waals surface area contributed by atoms with Crippen molar-refractivity contribution in [2.75, 3.05) is 6.61 Å². The van der Waals surface area contributed by atoms with Crippen molar-refractivity contribution in [2.45, 2.75) is 25.5 Å². The summed E-state index contributed by atoms with van der Waals surface area (Å²) in [6.07, 6.45) is 0.892. The Balaban J connectivity index is 2.07. The zero-order chi connectivity index (χ0) is 12.3. The normalized spacial score (nSPS) is 23.1. The first-order valence-corrected chi connectivity index (χ1v) is 5.63. The van der Waals surface area contributed by atoms with Crippen molar-refractivity contribution in [3.63, 3.8) is 0 Å². The molecule has 4 heteroatoms. The third kappa shape index (κ3) is 2.63. The lowest BCUT2D eigenvalue weighted by molar-refractivity contribution is 0.0866. The van der Waals surface area contributed by atoms with Gasteiger partial charge in [0.2, 0.25) is 0 Å². The summed E-state index contributed by atoms with van der Waals surface area (Å²) in [4.78, 5) is 11.9. The summed E-state index contributed by atoms with van der Waals surface area (Å²) in [5, 5.41) is 11.7. The Hall–Kier alpha value is -1.86. The summed E-state index contributed by atoms with van der Waals surface area (Å²) in [6.45, 7) is 2.63. The van der Waals surface area contributed by atoms with Gasteiger partial charge in [0.25, 0.3) is 5.91 Å². The molecule has 0 aromatic heterocycles. The zero-order valence-electron chi connectivity index (χ0n) is 9.64. The fourth-order valence-electron chi connectivity index (χ4n) is 1.90. The molecule has 1 saturated heterocycles. The van der Waals surface area contributed by atoms with E-state index in [1.54, 1.807) is 24.3 Å². The number of amides is 1. The lowest BCUT2D eigenvalue weighted by Gasteiger charge is -2.15. The number of carbonyl (C=O) groups excluding carboxylic acids is 1. The molecule has 1 aliphatic heterocycles. The smallest absolute Gasteiger partial charge is 0.251 e. The van der Waals surface area contributed by atoms with Gasteiger partial charge >= 0.3 is 0 Å². The lowest BCUT2D eigenvalue weighted by Crippen LogP contribution is -2.39. The lowest BCUT2D eigenvalue weighted by atomic mass is 10.1. The zero-order valence-corrected chi connectivity index (χ0v) is 9.64. The van der Waals surface area contributed by atoms with Crippen molar-refractivity contribution in [1.29, 1.82) is 5.26 Å². The minimum Gasteiger partial charge on any atom is -0.376 e. The van der Waals surface area contributed by atoms with Crippen LogP contribution in [-0.4, -0.2) is 24.7 Å². The number of nitrogens with one attached hydrogen (secondary N) is 1. The van der Waals surface area contributed by atoms with Gasteiger partial charge in [-0.05, 0) is 31.5 Å². The third-order valence-electron chi connectivity index (χ3n) is 2.95. The van der Waals surface area contributed by atoms with E-state index in [9.17, 15) is 4.79 Å². The summed E-state index contributed by atoms with van der Waals surface area (Å²) < 4.78 is 5.38. The molecule has 1 aliphatic rings. The van der Waals surface area contributed by atoms with Gasteiger partial charge in [-0.2, -0.15) is 5.26 Å². The molecule has 1 amide bonds. The predicted molar refractivity (Wildman–Crippen MR) is 62.4 cm³/mol. The van der Waals surface area contributed by atoms with Crippen LogP contribution in [0.2, 0.25) is 0 Å². The number of carbonyl (C=O) groups is 1. The summed E-state index contributed by atoms with van der Waals surface area (Å²) >= 11 is 0. The van der Waals surface area contributed by atoms with E-state index in [0.29, 0.717) is 17.7 Å². The number of benzene rings is 1. The van der Waals surface area contributed by atoms with Crippen LogP contribution in [0.25, 0.3) is 0 Å². The van der Waals surface area contributed by atoms with Crippen LogP contribution in [0, 0.1) is 11.3 Å². The summed E-state index contributed by atoms with van der Waals surface area (Å²) in [7, 11) is 0. The molecule has 0 bridgehead atoms. The van der Waals surface area contributed by atoms with Crippen molar-refractivity contribution in [1.82, 2.24) is 5.32 Å². The average molecular weight is 230 g/mol. The minimum atomic E-state index is -0.149. The Morgan fingerprint density at radius 2 is 2.41 bits per heavy atom. The largest absolute Gasteiger partial charge is 0.376 e. The molecular weight excluding hydrogens is 216 g/mol. The Bertz CT molecular complexity index is 465. The van der Waals surface area contributed by atoms with Crippen LogP contribution >= 0.6 is 0 Å². The molecule has 1 heterocycles. The van der Waals surface area contributed by atoms with Gasteiger partial charge < -0.3 is 10.1 Å². The molecule has 2 rings (SSSR count). The van der Waals surface area contributed by atoms with Gasteiger partial charge in [0.05, 0.1) is 23.8 Å². The maximum Gasteiger partial charge on any atom is 0.251 e. The Morgan fingerprint density at radius 1 is 1.59 bits per heavy atom. The van der Waals surface area contributed by atoms with Gasteiger partial charge in [0.1, 0.15) is 0 Å². The fraction of sp³-hybridized carbons (Fsp3) is 0.385. The van der Waals surface area contributed by atoms with E-state index < -0.39 is 0 Å². The Morgan fingerprint density at radius 3 is 3.06 bits per heavy atom. The summed E-state index contributed by atoms with van der Waals surface area (Å²) in [5.74, 6) is -0.149. The van der Waals surface area contributed by atoms with Crippen molar-refractivity contribution in [2.24, 2.45) is 0 Å². The molecule has 0 saturated carbocycles. The number of ether oxygens (including phenoxy) is 1. The summed E-state index contributed by atoms with van der Waals surface area (Å²) in [5.41, 5.74) is 1.01. The van der Waals surface area contributed by atoms with Crippen molar-refractivity contribution < 1.29 is 9.53 Å². The molecule has 0 radical (unpaired) electrons. The summed E-state index contributed by atoms with van der Waals surface area (Å²) in [6, 6.07) is 8.77. The highest BCUT2D eigenvalue weighted by molar-refractivity contribution is 5.94. The first-order valence-electron chi connectivity index (χ1n) is 5.63. The van der Waals surface area contributed by atoms with Crippen LogP contribution in [0.4, 0.5) is 0 Å². The maximum atomic E-state index is 11.9. The van der Waals surface area contributed by atoms with E-state index in [1.165, 1.54) is 0 Å². The second-order valence-corrected chi connectivity index (χ2v) is 4.14. The number of hydrogen-bond acceptors (Lipinski definition) is 3. The standard InChI is InChI=1S/C13H14N2O2/c1-9-12(5-6-17-9)15-13(16)11-4-2-3-10(7-11)8-14/h2-4,7,9,12H,5-6H2,1H3,(H,15,16). The van der Waals surface area contributed by atoms with Crippen molar-refractivity contribution in [3.05, 3.63) is 35.4 Å². The molecule has 1 N–H and O–H groups in total. The Labute approximate surface area is 100 Å². The molecule has 1 aromatic rings. The van der Waals surface area contributed by atoms with Crippen LogP contribution in [0.5, 0.6) is 0 Å². The second-order valence-electron chi connectivity index (χ2n) is 4.14. The number of nitriles is 1. The number of hydrogen-bond donors (Lipinski definition) is 1. The van der Waals surface area contributed by atoms with Gasteiger partial charge in [-0.1, -0.05) is 6.07 Å². The van der Waals surface area contributed by atoms with Crippen LogP contribution in [-0.2, 0) is 4.74 Å². The van der Waals surface area contributed by atoms with Gasteiger partial charge in [-0.15, -0.1) is 0 Å². The highest BCUT2D eigenvalue weighted by Gasteiger charge is 2.25. The van der Waals surface area contributed by atoms with E-state index in [-0.39, 0.29) is 18.1 Å². The monoisotopic (exact) mass is 230 g/mol. The molecule has 0 aliphatic carbocycles. The van der Waals surface area contributed by atoms with E-state index >= 15 is 0 Å². The van der Waals surface area contributed by atoms with E-state index in [1.807, 2.05) is 13.0 Å². The highest BCUT2D eigenvalue weighted by atomic mass is 16.5. The van der Waals surface area contributed by atoms with Gasteiger partial charge in [-0.25, -0.2) is 0 Å². The number of nitrogens with zero attached hydrogens (tertiary/aromatic N) is 1. The number of rotatable bonds is 2. The molecule has 0 spiro atoms. The fourth-order valence-corrected chi connectivity index (χ4v) is 1.90. The van der Waals surface area contributed by atoms with Gasteiger partial charge in [0, 0.05) is 12.2 Å². The average Bonchev–Trinajstić information content (AvgIpc) is 2.75. The molecule has 2 atom stereocenters. The maximum absolute atomic E-state index is 11.9. The first-order chi connectivity index (χ1) is 8.20. The molecule has 1 aromatic carbocycles. The predicted octanol–water partition coefficient (Wildman–Crippen LogP) is 1.47. The van der Waals surface area contributed by atoms with Crippen LogP contribution in [0.3, 0.4) is 0 Å². The van der Waals surface area contributed by atoms with E-state index in [0.717, 1.165) is 6.42 Å². The SMILES string of the molecule is CC1OCCC1NC(=O)c1cccc(C#N)c1. The molecule has 17 heavy (non-hydrogen) atoms. The topological polar surface area (TPSA) is 62.1 Å².